The Balaban J connectivity index is 1.34. The number of carbonyl (C=O) groups is 2. The number of benzene rings is 3. The minimum Gasteiger partial charge on any atom is -0.480 e. The summed E-state index contributed by atoms with van der Waals surface area (Å²) in [6, 6.07) is 18.4. The largest absolute Gasteiger partial charge is 0.480 e. The number of nitrogens with one attached hydrogen (secondary N) is 1. The molecule has 1 heterocycles. The molecule has 1 aliphatic carbocycles. The maximum absolute atomic E-state index is 13.9. The number of carboxylic acid groups (broad SMARTS) is 1. The zero-order chi connectivity index (χ0) is 22.9. The van der Waals surface area contributed by atoms with Crippen LogP contribution in [-0.2, 0) is 29.0 Å². The standard InChI is InChI=1S/C27H23FN2O3/c28-20-8-10-24-22(14-20)23-15-21(9-11-25(23)30(24)16-27(32)33)29-26(31)12-6-17-5-7-18-3-1-2-4-19(18)13-17/h1-8,10,12-14,21H,9,11,15-16H2,(H,29,31)(H,32,33)/t21-/m0/s1. The quantitative estimate of drug-likeness (QED) is 0.440. The highest BCUT2D eigenvalue weighted by atomic mass is 19.1. The normalized spacial score (nSPS) is 15.7. The highest BCUT2D eigenvalue weighted by Crippen LogP contribution is 2.33. The van der Waals surface area contributed by atoms with Crippen LogP contribution in [0.3, 0.4) is 0 Å². The van der Waals surface area contributed by atoms with Gasteiger partial charge in [-0.25, -0.2) is 4.39 Å². The smallest absolute Gasteiger partial charge is 0.323 e. The number of aliphatic carboxylic acids is 1. The van der Waals surface area contributed by atoms with Crippen LogP contribution in [0.5, 0.6) is 0 Å². The molecule has 0 radical (unpaired) electrons. The van der Waals surface area contributed by atoms with E-state index in [-0.39, 0.29) is 24.3 Å². The molecular weight excluding hydrogens is 419 g/mol. The average Bonchev–Trinajstić information content (AvgIpc) is 3.09. The third kappa shape index (κ3) is 4.24. The lowest BCUT2D eigenvalue weighted by Crippen LogP contribution is -2.38. The molecule has 0 saturated heterocycles. The Morgan fingerprint density at radius 1 is 1.09 bits per heavy atom. The molecule has 33 heavy (non-hydrogen) atoms. The van der Waals surface area contributed by atoms with Gasteiger partial charge in [-0.1, -0.05) is 36.4 Å². The number of rotatable bonds is 5. The van der Waals surface area contributed by atoms with Crippen LogP contribution in [0, 0.1) is 5.82 Å². The van der Waals surface area contributed by atoms with E-state index in [0.717, 1.165) is 33.0 Å². The third-order valence-electron chi connectivity index (χ3n) is 6.27. The first-order valence-corrected chi connectivity index (χ1v) is 11.0. The van der Waals surface area contributed by atoms with Crippen molar-refractivity contribution in [3.05, 3.63) is 89.4 Å². The van der Waals surface area contributed by atoms with Gasteiger partial charge in [0.05, 0.1) is 0 Å². The van der Waals surface area contributed by atoms with E-state index in [1.54, 1.807) is 16.7 Å². The van der Waals surface area contributed by atoms with Crippen molar-refractivity contribution in [3.8, 4) is 0 Å². The molecule has 5 rings (SSSR count). The van der Waals surface area contributed by atoms with E-state index in [1.807, 2.05) is 42.5 Å². The lowest BCUT2D eigenvalue weighted by Gasteiger charge is -2.24. The monoisotopic (exact) mass is 442 g/mol. The van der Waals surface area contributed by atoms with Crippen LogP contribution in [0.4, 0.5) is 4.39 Å². The van der Waals surface area contributed by atoms with Crippen LogP contribution in [-0.4, -0.2) is 27.6 Å². The Labute approximate surface area is 190 Å². The van der Waals surface area contributed by atoms with Gasteiger partial charge in [-0.05, 0) is 71.5 Å². The molecule has 5 nitrogen and oxygen atoms in total. The molecular formula is C27H23FN2O3. The van der Waals surface area contributed by atoms with Gasteiger partial charge in [0.15, 0.2) is 0 Å². The van der Waals surface area contributed by atoms with Crippen molar-refractivity contribution in [1.82, 2.24) is 9.88 Å². The van der Waals surface area contributed by atoms with E-state index in [1.165, 1.54) is 18.2 Å². The first-order chi connectivity index (χ1) is 16.0. The van der Waals surface area contributed by atoms with Crippen molar-refractivity contribution in [1.29, 1.82) is 0 Å². The van der Waals surface area contributed by atoms with Crippen molar-refractivity contribution in [2.24, 2.45) is 0 Å². The molecule has 0 fully saturated rings. The SMILES string of the molecule is O=C(O)Cn1c2c(c3cc(F)ccc31)C[C@@H](NC(=O)C=Cc1ccc3ccccc3c1)CC2. The first kappa shape index (κ1) is 20.9. The summed E-state index contributed by atoms with van der Waals surface area (Å²) in [5.74, 6) is -1.48. The van der Waals surface area contributed by atoms with E-state index in [2.05, 4.69) is 5.32 Å². The average molecular weight is 442 g/mol. The van der Waals surface area contributed by atoms with Crippen LogP contribution in [0.2, 0.25) is 0 Å². The Morgan fingerprint density at radius 2 is 1.91 bits per heavy atom. The predicted octanol–water partition coefficient (Wildman–Crippen LogP) is 4.71. The van der Waals surface area contributed by atoms with Crippen molar-refractivity contribution in [2.75, 3.05) is 0 Å². The number of halogens is 1. The maximum Gasteiger partial charge on any atom is 0.323 e. The van der Waals surface area contributed by atoms with Gasteiger partial charge in [0, 0.05) is 28.7 Å². The number of aromatic nitrogens is 1. The zero-order valence-corrected chi connectivity index (χ0v) is 17.9. The summed E-state index contributed by atoms with van der Waals surface area (Å²) < 4.78 is 15.7. The summed E-state index contributed by atoms with van der Waals surface area (Å²) >= 11 is 0. The molecule has 0 saturated carbocycles. The molecule has 1 amide bonds. The second-order valence-corrected chi connectivity index (χ2v) is 8.45. The minimum absolute atomic E-state index is 0.0987. The van der Waals surface area contributed by atoms with E-state index >= 15 is 0 Å². The van der Waals surface area contributed by atoms with E-state index in [9.17, 15) is 19.1 Å². The third-order valence-corrected chi connectivity index (χ3v) is 6.27. The highest BCUT2D eigenvalue weighted by Gasteiger charge is 2.27. The lowest BCUT2D eigenvalue weighted by atomic mass is 9.91. The Kier molecular flexibility index (Phi) is 5.42. The number of hydrogen-bond acceptors (Lipinski definition) is 2. The number of amides is 1. The van der Waals surface area contributed by atoms with Gasteiger partial charge in [0.2, 0.25) is 5.91 Å². The fourth-order valence-electron chi connectivity index (χ4n) is 4.79. The molecule has 1 atom stereocenters. The van der Waals surface area contributed by atoms with Gasteiger partial charge in [-0.15, -0.1) is 0 Å². The van der Waals surface area contributed by atoms with Crippen molar-refractivity contribution < 1.29 is 19.1 Å². The summed E-state index contributed by atoms with van der Waals surface area (Å²) in [5, 5.41) is 15.4. The van der Waals surface area contributed by atoms with Crippen LogP contribution in [0.15, 0.2) is 66.7 Å². The molecule has 1 aromatic heterocycles. The number of nitrogens with zero attached hydrogens (tertiary/aromatic N) is 1. The van der Waals surface area contributed by atoms with Gasteiger partial charge < -0.3 is 15.0 Å². The highest BCUT2D eigenvalue weighted by molar-refractivity contribution is 5.93. The second kappa shape index (κ2) is 8.54. The van der Waals surface area contributed by atoms with E-state index in [0.29, 0.717) is 24.8 Å². The summed E-state index contributed by atoms with van der Waals surface area (Å²) in [4.78, 5) is 24.0. The van der Waals surface area contributed by atoms with Gasteiger partial charge in [0.1, 0.15) is 12.4 Å². The molecule has 0 bridgehead atoms. The molecule has 4 aromatic rings. The van der Waals surface area contributed by atoms with Crippen LogP contribution in [0.25, 0.3) is 27.8 Å². The molecule has 0 spiro atoms. The van der Waals surface area contributed by atoms with Crippen molar-refractivity contribution in [3.63, 3.8) is 0 Å². The molecule has 3 aromatic carbocycles. The summed E-state index contributed by atoms with van der Waals surface area (Å²) in [7, 11) is 0. The number of carbonyl (C=O) groups excluding carboxylic acids is 1. The number of fused-ring (bicyclic) bond motifs is 4. The lowest BCUT2D eigenvalue weighted by molar-refractivity contribution is -0.137. The van der Waals surface area contributed by atoms with Crippen LogP contribution < -0.4 is 5.32 Å². The van der Waals surface area contributed by atoms with Gasteiger partial charge in [-0.3, -0.25) is 9.59 Å². The molecule has 0 unspecified atom stereocenters. The van der Waals surface area contributed by atoms with Gasteiger partial charge in [0.25, 0.3) is 0 Å². The Morgan fingerprint density at radius 3 is 2.73 bits per heavy atom. The van der Waals surface area contributed by atoms with Gasteiger partial charge in [-0.2, -0.15) is 0 Å². The minimum atomic E-state index is -0.937. The molecule has 0 aliphatic heterocycles. The van der Waals surface area contributed by atoms with E-state index < -0.39 is 5.97 Å². The molecule has 1 aliphatic rings. The molecule has 6 heteroatoms. The van der Waals surface area contributed by atoms with Crippen LogP contribution >= 0.6 is 0 Å². The van der Waals surface area contributed by atoms with Crippen molar-refractivity contribution in [2.45, 2.75) is 31.8 Å². The zero-order valence-electron chi connectivity index (χ0n) is 17.9. The molecule has 166 valence electrons. The second-order valence-electron chi connectivity index (χ2n) is 8.45. The topological polar surface area (TPSA) is 71.3 Å². The summed E-state index contributed by atoms with van der Waals surface area (Å²) in [6.45, 7) is -0.164. The first-order valence-electron chi connectivity index (χ1n) is 11.0. The molecule has 2 N–H and O–H groups in total. The fourth-order valence-corrected chi connectivity index (χ4v) is 4.79. The Bertz CT molecular complexity index is 1420. The van der Waals surface area contributed by atoms with E-state index in [4.69, 9.17) is 0 Å². The fraction of sp³-hybridized carbons (Fsp3) is 0.185. The van der Waals surface area contributed by atoms with Crippen LogP contribution in [0.1, 0.15) is 23.2 Å². The summed E-state index contributed by atoms with van der Waals surface area (Å²) in [5.41, 5.74) is 3.49. The van der Waals surface area contributed by atoms with Crippen molar-refractivity contribution >= 4 is 39.6 Å². The number of carboxylic acids is 1. The van der Waals surface area contributed by atoms with Gasteiger partial charge >= 0.3 is 5.97 Å². The summed E-state index contributed by atoms with van der Waals surface area (Å²) in [6.07, 6.45) is 5.19. The maximum atomic E-state index is 13.9. The Hall–Kier alpha value is -3.93. The predicted molar refractivity (Wildman–Crippen MR) is 126 cm³/mol. The number of hydrogen-bond donors (Lipinski definition) is 2.